The SMILES string of the molecule is CCOc1cc(N)cc(C(=O)OCC(CC)CC)c1. The molecule has 2 N–H and O–H groups in total. The quantitative estimate of drug-likeness (QED) is 0.607. The van der Waals surface area contributed by atoms with Crippen molar-refractivity contribution in [1.29, 1.82) is 0 Å². The number of benzene rings is 1. The van der Waals surface area contributed by atoms with Crippen molar-refractivity contribution in [3.05, 3.63) is 23.8 Å². The van der Waals surface area contributed by atoms with E-state index in [2.05, 4.69) is 13.8 Å². The lowest BCUT2D eigenvalue weighted by atomic mass is 10.1. The molecule has 1 aromatic carbocycles. The number of hydrogen-bond donors (Lipinski definition) is 1. The minimum Gasteiger partial charge on any atom is -0.494 e. The number of esters is 1. The minimum absolute atomic E-state index is 0.347. The van der Waals surface area contributed by atoms with Gasteiger partial charge < -0.3 is 15.2 Å². The summed E-state index contributed by atoms with van der Waals surface area (Å²) in [7, 11) is 0. The Bertz CT molecular complexity index is 414. The van der Waals surface area contributed by atoms with E-state index >= 15 is 0 Å². The summed E-state index contributed by atoms with van der Waals surface area (Å²) in [6, 6.07) is 4.97. The summed E-state index contributed by atoms with van der Waals surface area (Å²) in [5.74, 6) is 0.661. The fourth-order valence-electron chi connectivity index (χ4n) is 1.79. The predicted octanol–water partition coefficient (Wildman–Crippen LogP) is 3.26. The molecule has 1 rings (SSSR count). The first-order chi connectivity index (χ1) is 9.10. The van der Waals surface area contributed by atoms with Gasteiger partial charge in [-0.15, -0.1) is 0 Å². The van der Waals surface area contributed by atoms with Crippen LogP contribution in [0.15, 0.2) is 18.2 Å². The summed E-state index contributed by atoms with van der Waals surface area (Å²) in [5, 5.41) is 0. The molecule has 0 saturated carbocycles. The van der Waals surface area contributed by atoms with Gasteiger partial charge in [-0.1, -0.05) is 26.7 Å². The Morgan fingerprint density at radius 3 is 2.47 bits per heavy atom. The van der Waals surface area contributed by atoms with Gasteiger partial charge in [0.2, 0.25) is 0 Å². The van der Waals surface area contributed by atoms with E-state index in [4.69, 9.17) is 15.2 Å². The molecule has 0 bridgehead atoms. The van der Waals surface area contributed by atoms with Gasteiger partial charge in [-0.2, -0.15) is 0 Å². The van der Waals surface area contributed by atoms with Crippen LogP contribution >= 0.6 is 0 Å². The lowest BCUT2D eigenvalue weighted by Gasteiger charge is -2.13. The molecule has 0 aliphatic rings. The van der Waals surface area contributed by atoms with Crippen LogP contribution in [0.5, 0.6) is 5.75 Å². The first-order valence-corrected chi connectivity index (χ1v) is 6.81. The van der Waals surface area contributed by atoms with Crippen LogP contribution in [0.2, 0.25) is 0 Å². The van der Waals surface area contributed by atoms with E-state index in [9.17, 15) is 4.79 Å². The van der Waals surface area contributed by atoms with Gasteiger partial charge in [0.05, 0.1) is 18.8 Å². The highest BCUT2D eigenvalue weighted by molar-refractivity contribution is 5.91. The van der Waals surface area contributed by atoms with Crippen LogP contribution in [0.25, 0.3) is 0 Å². The van der Waals surface area contributed by atoms with Crippen molar-refractivity contribution in [2.75, 3.05) is 18.9 Å². The first kappa shape index (κ1) is 15.3. The van der Waals surface area contributed by atoms with E-state index in [1.54, 1.807) is 18.2 Å². The van der Waals surface area contributed by atoms with Crippen molar-refractivity contribution in [1.82, 2.24) is 0 Å². The van der Waals surface area contributed by atoms with E-state index in [1.807, 2.05) is 6.92 Å². The van der Waals surface area contributed by atoms with Crippen molar-refractivity contribution >= 4 is 11.7 Å². The van der Waals surface area contributed by atoms with Crippen LogP contribution in [0, 0.1) is 5.92 Å². The highest BCUT2D eigenvalue weighted by Gasteiger charge is 2.12. The molecule has 0 saturated heterocycles. The molecule has 0 heterocycles. The summed E-state index contributed by atoms with van der Waals surface area (Å²) in [6.07, 6.45) is 2.01. The van der Waals surface area contributed by atoms with Gasteiger partial charge >= 0.3 is 5.97 Å². The minimum atomic E-state index is -0.347. The number of ether oxygens (including phenoxy) is 2. The first-order valence-electron chi connectivity index (χ1n) is 6.81. The third-order valence-corrected chi connectivity index (χ3v) is 3.08. The van der Waals surface area contributed by atoms with Crippen molar-refractivity contribution in [3.8, 4) is 5.75 Å². The molecular formula is C15H23NO3. The van der Waals surface area contributed by atoms with E-state index in [0.29, 0.717) is 36.1 Å². The maximum atomic E-state index is 12.0. The van der Waals surface area contributed by atoms with Gasteiger partial charge in [0.15, 0.2) is 0 Å². The second kappa shape index (κ2) is 7.67. The smallest absolute Gasteiger partial charge is 0.338 e. The largest absolute Gasteiger partial charge is 0.494 e. The molecule has 4 heteroatoms. The van der Waals surface area contributed by atoms with Crippen molar-refractivity contribution in [3.63, 3.8) is 0 Å². The van der Waals surface area contributed by atoms with Gasteiger partial charge in [0.1, 0.15) is 5.75 Å². The summed E-state index contributed by atoms with van der Waals surface area (Å²) < 4.78 is 10.7. The molecule has 0 atom stereocenters. The summed E-state index contributed by atoms with van der Waals surface area (Å²) >= 11 is 0. The monoisotopic (exact) mass is 265 g/mol. The fraction of sp³-hybridized carbons (Fsp3) is 0.533. The molecule has 0 spiro atoms. The number of anilines is 1. The molecule has 0 aliphatic heterocycles. The topological polar surface area (TPSA) is 61.5 Å². The Balaban J connectivity index is 2.70. The zero-order valence-electron chi connectivity index (χ0n) is 11.9. The van der Waals surface area contributed by atoms with Gasteiger partial charge in [0.25, 0.3) is 0 Å². The van der Waals surface area contributed by atoms with Gasteiger partial charge in [-0.25, -0.2) is 4.79 Å². The highest BCUT2D eigenvalue weighted by atomic mass is 16.5. The predicted molar refractivity (Wildman–Crippen MR) is 76.4 cm³/mol. The Hall–Kier alpha value is -1.71. The van der Waals surface area contributed by atoms with Gasteiger partial charge in [-0.3, -0.25) is 0 Å². The molecule has 106 valence electrons. The van der Waals surface area contributed by atoms with Gasteiger partial charge in [-0.05, 0) is 25.0 Å². The number of nitrogen functional groups attached to an aromatic ring is 1. The third kappa shape index (κ3) is 4.81. The fourth-order valence-corrected chi connectivity index (χ4v) is 1.79. The molecule has 19 heavy (non-hydrogen) atoms. The molecular weight excluding hydrogens is 242 g/mol. The second-order valence-electron chi connectivity index (χ2n) is 4.50. The van der Waals surface area contributed by atoms with Crippen LogP contribution in [0.4, 0.5) is 5.69 Å². The number of carbonyl (C=O) groups excluding carboxylic acids is 1. The zero-order valence-corrected chi connectivity index (χ0v) is 11.9. The molecule has 1 aromatic rings. The van der Waals surface area contributed by atoms with E-state index < -0.39 is 0 Å². The number of rotatable bonds is 7. The Morgan fingerprint density at radius 2 is 1.89 bits per heavy atom. The standard InChI is InChI=1S/C15H23NO3/c1-4-11(5-2)10-19-15(17)12-7-13(16)9-14(8-12)18-6-3/h7-9,11H,4-6,10,16H2,1-3H3. The van der Waals surface area contributed by atoms with E-state index in [-0.39, 0.29) is 5.97 Å². The molecule has 4 nitrogen and oxygen atoms in total. The molecule has 0 unspecified atom stereocenters. The Kier molecular flexibility index (Phi) is 6.19. The van der Waals surface area contributed by atoms with Gasteiger partial charge in [0, 0.05) is 11.8 Å². The molecule has 0 aliphatic carbocycles. The summed E-state index contributed by atoms with van der Waals surface area (Å²) in [5.41, 5.74) is 6.69. The van der Waals surface area contributed by atoms with Crippen molar-refractivity contribution < 1.29 is 14.3 Å². The molecule has 0 radical (unpaired) electrons. The third-order valence-electron chi connectivity index (χ3n) is 3.08. The van der Waals surface area contributed by atoms with Crippen LogP contribution in [-0.2, 0) is 4.74 Å². The van der Waals surface area contributed by atoms with E-state index in [1.165, 1.54) is 0 Å². The Labute approximate surface area is 114 Å². The maximum absolute atomic E-state index is 12.0. The van der Waals surface area contributed by atoms with Crippen LogP contribution in [0.1, 0.15) is 44.0 Å². The average Bonchev–Trinajstić information content (AvgIpc) is 2.39. The lowest BCUT2D eigenvalue weighted by Crippen LogP contribution is -2.13. The normalized spacial score (nSPS) is 10.5. The molecule has 0 amide bonds. The van der Waals surface area contributed by atoms with Crippen molar-refractivity contribution in [2.24, 2.45) is 5.92 Å². The molecule has 0 aromatic heterocycles. The highest BCUT2D eigenvalue weighted by Crippen LogP contribution is 2.20. The zero-order chi connectivity index (χ0) is 14.3. The number of nitrogens with two attached hydrogens (primary N) is 1. The average molecular weight is 265 g/mol. The lowest BCUT2D eigenvalue weighted by molar-refractivity contribution is 0.0433. The van der Waals surface area contributed by atoms with Crippen molar-refractivity contribution in [2.45, 2.75) is 33.6 Å². The van der Waals surface area contributed by atoms with Crippen LogP contribution < -0.4 is 10.5 Å². The van der Waals surface area contributed by atoms with E-state index in [0.717, 1.165) is 12.8 Å². The van der Waals surface area contributed by atoms with Crippen LogP contribution in [-0.4, -0.2) is 19.2 Å². The summed E-state index contributed by atoms with van der Waals surface area (Å²) in [6.45, 7) is 7.05. The second-order valence-corrected chi connectivity index (χ2v) is 4.50. The van der Waals surface area contributed by atoms with Crippen LogP contribution in [0.3, 0.4) is 0 Å². The number of carbonyl (C=O) groups is 1. The Morgan fingerprint density at radius 1 is 1.21 bits per heavy atom. The molecule has 0 fully saturated rings. The number of hydrogen-bond acceptors (Lipinski definition) is 4. The maximum Gasteiger partial charge on any atom is 0.338 e. The summed E-state index contributed by atoms with van der Waals surface area (Å²) in [4.78, 5) is 12.0.